The van der Waals surface area contributed by atoms with Gasteiger partial charge in [0.25, 0.3) is 5.78 Å². The number of ketones is 2. The predicted octanol–water partition coefficient (Wildman–Crippen LogP) is 0.720. The van der Waals surface area contributed by atoms with Gasteiger partial charge in [-0.25, -0.2) is 0 Å². The summed E-state index contributed by atoms with van der Waals surface area (Å²) in [6, 6.07) is 1.51. The number of fused-ring (bicyclic) bond motifs is 1. The lowest BCUT2D eigenvalue weighted by atomic mass is 9.94. The van der Waals surface area contributed by atoms with Crippen LogP contribution in [0.25, 0.3) is 5.76 Å². The van der Waals surface area contributed by atoms with E-state index in [2.05, 4.69) is 4.98 Å². The first-order valence-electron chi connectivity index (χ1n) is 4.17. The highest BCUT2D eigenvalue weighted by Crippen LogP contribution is 2.27. The van der Waals surface area contributed by atoms with Crippen LogP contribution in [0.3, 0.4) is 0 Å². The van der Waals surface area contributed by atoms with Crippen molar-refractivity contribution in [1.82, 2.24) is 4.98 Å². The lowest BCUT2D eigenvalue weighted by molar-refractivity contribution is -0.114. The Kier molecular flexibility index (Phi) is 2.00. The Morgan fingerprint density at radius 1 is 1.27 bits per heavy atom. The Morgan fingerprint density at radius 3 is 2.67 bits per heavy atom. The number of hydrogen-bond donors (Lipinski definition) is 1. The molecule has 15 heavy (non-hydrogen) atoms. The first-order valence-corrected chi connectivity index (χ1v) is 4.17. The Hall–Kier alpha value is -2.17. The Balaban J connectivity index is 2.75. The van der Waals surface area contributed by atoms with Crippen LogP contribution >= 0.6 is 0 Å². The van der Waals surface area contributed by atoms with Gasteiger partial charge in [-0.1, -0.05) is 0 Å². The minimum absolute atomic E-state index is 0.0111. The van der Waals surface area contributed by atoms with Gasteiger partial charge in [-0.3, -0.25) is 14.6 Å². The number of ether oxygens (including phenoxy) is 1. The molecular weight excluding hydrogens is 198 g/mol. The Bertz CT molecular complexity index is 490. The van der Waals surface area contributed by atoms with Crippen molar-refractivity contribution in [3.63, 3.8) is 0 Å². The van der Waals surface area contributed by atoms with Crippen molar-refractivity contribution >= 4 is 17.3 Å². The van der Waals surface area contributed by atoms with E-state index in [4.69, 9.17) is 4.74 Å². The van der Waals surface area contributed by atoms with E-state index in [0.29, 0.717) is 5.56 Å². The van der Waals surface area contributed by atoms with Crippen LogP contribution in [-0.2, 0) is 9.53 Å². The fraction of sp³-hybridized carbons (Fsp3) is 0.100. The third-order valence-electron chi connectivity index (χ3n) is 2.15. The molecule has 1 aliphatic carbocycles. The molecule has 1 aliphatic rings. The SMILES string of the molecule is COC1=C(O)C(=O)C(=O)c2cnccc21. The molecule has 5 nitrogen and oxygen atoms in total. The monoisotopic (exact) mass is 205 g/mol. The molecule has 1 N–H and O–H groups in total. The van der Waals surface area contributed by atoms with Crippen molar-refractivity contribution < 1.29 is 19.4 Å². The van der Waals surface area contributed by atoms with E-state index in [9.17, 15) is 14.7 Å². The second-order valence-corrected chi connectivity index (χ2v) is 2.96. The molecule has 0 spiro atoms. The van der Waals surface area contributed by atoms with Gasteiger partial charge >= 0.3 is 0 Å². The van der Waals surface area contributed by atoms with Gasteiger partial charge in [0.1, 0.15) is 0 Å². The summed E-state index contributed by atoms with van der Waals surface area (Å²) in [7, 11) is 1.32. The highest BCUT2D eigenvalue weighted by atomic mass is 16.5. The summed E-state index contributed by atoms with van der Waals surface area (Å²) in [6.07, 6.45) is 2.73. The molecule has 0 amide bonds. The average molecular weight is 205 g/mol. The quantitative estimate of drug-likeness (QED) is 0.683. The van der Waals surface area contributed by atoms with Crippen molar-refractivity contribution in [1.29, 1.82) is 0 Å². The number of pyridine rings is 1. The Morgan fingerprint density at radius 2 is 2.00 bits per heavy atom. The number of methoxy groups -OCH3 is 1. The first kappa shape index (κ1) is 9.39. The molecule has 0 saturated heterocycles. The molecule has 0 saturated carbocycles. The molecule has 76 valence electrons. The summed E-state index contributed by atoms with van der Waals surface area (Å²) in [4.78, 5) is 26.5. The van der Waals surface area contributed by atoms with Gasteiger partial charge < -0.3 is 9.84 Å². The van der Waals surface area contributed by atoms with Crippen molar-refractivity contribution in [3.05, 3.63) is 35.3 Å². The standard InChI is InChI=1S/C10H7NO4/c1-15-10-5-2-3-11-4-6(5)7(12)8(13)9(10)14/h2-4,14H,1H3. The van der Waals surface area contributed by atoms with E-state index >= 15 is 0 Å². The summed E-state index contributed by atoms with van der Waals surface area (Å²) in [5.74, 6) is -2.37. The molecule has 5 heteroatoms. The fourth-order valence-corrected chi connectivity index (χ4v) is 1.44. The molecule has 1 heterocycles. The van der Waals surface area contributed by atoms with E-state index in [1.807, 2.05) is 0 Å². The second-order valence-electron chi connectivity index (χ2n) is 2.96. The van der Waals surface area contributed by atoms with Crippen LogP contribution in [0.5, 0.6) is 0 Å². The van der Waals surface area contributed by atoms with Crippen molar-refractivity contribution in [3.8, 4) is 0 Å². The summed E-state index contributed by atoms with van der Waals surface area (Å²) >= 11 is 0. The van der Waals surface area contributed by atoms with Crippen LogP contribution in [-0.4, -0.2) is 28.8 Å². The third kappa shape index (κ3) is 1.20. The highest BCUT2D eigenvalue weighted by molar-refractivity contribution is 6.51. The molecular formula is C10H7NO4. The molecule has 0 fully saturated rings. The van der Waals surface area contributed by atoms with Gasteiger partial charge in [0, 0.05) is 18.0 Å². The number of nitrogens with zero attached hydrogens (tertiary/aromatic N) is 1. The smallest absolute Gasteiger partial charge is 0.271 e. The molecule has 0 atom stereocenters. The molecule has 0 aliphatic heterocycles. The molecule has 0 radical (unpaired) electrons. The van der Waals surface area contributed by atoms with Gasteiger partial charge in [-0.15, -0.1) is 0 Å². The first-order chi connectivity index (χ1) is 7.16. The third-order valence-corrected chi connectivity index (χ3v) is 2.15. The van der Waals surface area contributed by atoms with E-state index in [-0.39, 0.29) is 11.3 Å². The maximum Gasteiger partial charge on any atom is 0.271 e. The number of aromatic nitrogens is 1. The van der Waals surface area contributed by atoms with E-state index in [1.54, 1.807) is 0 Å². The maximum atomic E-state index is 11.4. The topological polar surface area (TPSA) is 76.5 Å². The molecule has 0 unspecified atom stereocenters. The maximum absolute atomic E-state index is 11.4. The molecule has 0 bridgehead atoms. The number of rotatable bonds is 1. The van der Waals surface area contributed by atoms with Crippen molar-refractivity contribution in [2.45, 2.75) is 0 Å². The zero-order valence-electron chi connectivity index (χ0n) is 7.85. The number of carbonyl (C=O) groups excluding carboxylic acids is 2. The van der Waals surface area contributed by atoms with Gasteiger partial charge in [0.15, 0.2) is 5.76 Å². The van der Waals surface area contributed by atoms with Crippen LogP contribution < -0.4 is 0 Å². The van der Waals surface area contributed by atoms with Crippen molar-refractivity contribution in [2.75, 3.05) is 7.11 Å². The number of aliphatic hydroxyl groups excluding tert-OH is 1. The lowest BCUT2D eigenvalue weighted by Crippen LogP contribution is -2.24. The van der Waals surface area contributed by atoms with Crippen molar-refractivity contribution in [2.24, 2.45) is 0 Å². The Labute approximate surface area is 85.0 Å². The summed E-state index contributed by atoms with van der Waals surface area (Å²) in [5, 5.41) is 9.42. The zero-order valence-corrected chi connectivity index (χ0v) is 7.85. The average Bonchev–Trinajstić information content (AvgIpc) is 2.27. The van der Waals surface area contributed by atoms with Gasteiger partial charge in [0.2, 0.25) is 11.5 Å². The van der Waals surface area contributed by atoms with E-state index < -0.39 is 17.3 Å². The van der Waals surface area contributed by atoms with Crippen LogP contribution in [0.15, 0.2) is 24.2 Å². The predicted molar refractivity (Wildman–Crippen MR) is 50.1 cm³/mol. The van der Waals surface area contributed by atoms with Crippen LogP contribution in [0, 0.1) is 0 Å². The number of aliphatic hydroxyl groups is 1. The normalized spacial score (nSPS) is 15.3. The molecule has 1 aromatic rings. The number of hydrogen-bond acceptors (Lipinski definition) is 5. The molecule has 2 rings (SSSR count). The number of Topliss-reactive ketones (excluding diaryl/α,β-unsaturated/α-hetero) is 2. The lowest BCUT2D eigenvalue weighted by Gasteiger charge is -2.16. The number of carbonyl (C=O) groups is 2. The molecule has 0 aromatic carbocycles. The zero-order chi connectivity index (χ0) is 11.0. The minimum Gasteiger partial charge on any atom is -0.501 e. The second kappa shape index (κ2) is 3.20. The van der Waals surface area contributed by atoms with Crippen LogP contribution in [0.2, 0.25) is 0 Å². The van der Waals surface area contributed by atoms with Crippen LogP contribution in [0.4, 0.5) is 0 Å². The largest absolute Gasteiger partial charge is 0.501 e. The number of allylic oxidation sites excluding steroid dienone is 1. The summed E-state index contributed by atoms with van der Waals surface area (Å²) in [5.41, 5.74) is 0.534. The summed E-state index contributed by atoms with van der Waals surface area (Å²) in [6.45, 7) is 0. The van der Waals surface area contributed by atoms with Gasteiger partial charge in [-0.2, -0.15) is 0 Å². The van der Waals surface area contributed by atoms with Crippen LogP contribution in [0.1, 0.15) is 15.9 Å². The van der Waals surface area contributed by atoms with E-state index in [0.717, 1.165) is 0 Å². The fourth-order valence-electron chi connectivity index (χ4n) is 1.44. The highest BCUT2D eigenvalue weighted by Gasteiger charge is 2.33. The minimum atomic E-state index is -0.965. The van der Waals surface area contributed by atoms with Gasteiger partial charge in [0.05, 0.1) is 12.7 Å². The molecule has 1 aromatic heterocycles. The van der Waals surface area contributed by atoms with Gasteiger partial charge in [-0.05, 0) is 6.07 Å². The summed E-state index contributed by atoms with van der Waals surface area (Å²) < 4.78 is 4.88. The van der Waals surface area contributed by atoms with E-state index in [1.165, 1.54) is 25.6 Å².